The molecule has 0 saturated carbocycles. The topological polar surface area (TPSA) is 162 Å². The second kappa shape index (κ2) is 11.4. The zero-order valence-corrected chi connectivity index (χ0v) is 19.5. The van der Waals surface area contributed by atoms with Crippen molar-refractivity contribution in [3.63, 3.8) is 0 Å². The van der Waals surface area contributed by atoms with Gasteiger partial charge < -0.3 is 15.3 Å². The van der Waals surface area contributed by atoms with E-state index in [1.165, 1.54) is 20.0 Å². The zero-order chi connectivity index (χ0) is 26.5. The summed E-state index contributed by atoms with van der Waals surface area (Å²) < 4.78 is 38.0. The number of anilines is 2. The Balaban J connectivity index is 1.43. The number of aliphatic hydroxyl groups excluding tert-OH is 1. The van der Waals surface area contributed by atoms with Gasteiger partial charge in [0.05, 0.1) is 23.5 Å². The summed E-state index contributed by atoms with van der Waals surface area (Å²) in [4.78, 5) is 50.1. The van der Waals surface area contributed by atoms with Gasteiger partial charge in [-0.15, -0.1) is 0 Å². The van der Waals surface area contributed by atoms with E-state index in [0.717, 1.165) is 12.4 Å². The van der Waals surface area contributed by atoms with Crippen molar-refractivity contribution in [2.45, 2.75) is 51.6 Å². The Morgan fingerprint density at radius 1 is 1.25 bits per heavy atom. The first-order chi connectivity index (χ1) is 17.0. The molecule has 36 heavy (non-hydrogen) atoms. The number of carbonyl (C=O) groups is 2. The van der Waals surface area contributed by atoms with Gasteiger partial charge in [0, 0.05) is 31.9 Å². The molecule has 0 aliphatic carbocycles. The highest BCUT2D eigenvalue weighted by Crippen LogP contribution is 2.29. The highest BCUT2D eigenvalue weighted by atomic mass is 19.4. The smallest absolute Gasteiger partial charge is 0.375 e. The average Bonchev–Trinajstić information content (AvgIpc) is 2.82. The molecule has 3 heterocycles. The number of hydrogen-bond acceptors (Lipinski definition) is 10. The van der Waals surface area contributed by atoms with Gasteiger partial charge in [0.25, 0.3) is 5.56 Å². The molecule has 3 rings (SSSR count). The fourth-order valence-electron chi connectivity index (χ4n) is 3.67. The summed E-state index contributed by atoms with van der Waals surface area (Å²) in [6.07, 6.45) is -2.01. The largest absolute Gasteiger partial charge is 0.419 e. The number of aliphatic hydroxyl groups is 1. The fourth-order valence-corrected chi connectivity index (χ4v) is 3.67. The van der Waals surface area contributed by atoms with Crippen LogP contribution in [0.2, 0.25) is 0 Å². The summed E-state index contributed by atoms with van der Waals surface area (Å²) in [5.74, 6) is -0.768. The highest BCUT2D eigenvalue weighted by Gasteiger charge is 2.32. The Morgan fingerprint density at radius 3 is 2.47 bits per heavy atom. The van der Waals surface area contributed by atoms with Gasteiger partial charge in [-0.3, -0.25) is 14.4 Å². The lowest BCUT2D eigenvalue weighted by Gasteiger charge is -2.31. The fraction of sp³-hybridized carbons (Fsp3) is 0.524. The van der Waals surface area contributed by atoms with Crippen LogP contribution < -0.4 is 21.3 Å². The zero-order valence-electron chi connectivity index (χ0n) is 19.5. The first-order valence-electron chi connectivity index (χ1n) is 11.1. The minimum atomic E-state index is -4.50. The Bertz CT molecular complexity index is 1120. The second-order valence-corrected chi connectivity index (χ2v) is 8.41. The molecule has 1 fully saturated rings. The Labute approximate surface area is 203 Å². The van der Waals surface area contributed by atoms with Crippen molar-refractivity contribution in [1.29, 1.82) is 0 Å². The molecule has 2 atom stereocenters. The van der Waals surface area contributed by atoms with Gasteiger partial charge in [-0.1, -0.05) is 0 Å². The van der Waals surface area contributed by atoms with Gasteiger partial charge in [0.15, 0.2) is 5.78 Å². The van der Waals surface area contributed by atoms with E-state index in [1.807, 2.05) is 0 Å². The lowest BCUT2D eigenvalue weighted by molar-refractivity contribution is -0.171. The number of ketones is 1. The van der Waals surface area contributed by atoms with Crippen LogP contribution >= 0.6 is 0 Å². The molecule has 0 radical (unpaired) electrons. The summed E-state index contributed by atoms with van der Waals surface area (Å²) in [5.41, 5.74) is 0.541. The normalized spacial score (nSPS) is 16.3. The van der Waals surface area contributed by atoms with Crippen LogP contribution in [-0.4, -0.2) is 62.4 Å². The molecule has 196 valence electrons. The van der Waals surface area contributed by atoms with E-state index in [9.17, 15) is 32.7 Å². The van der Waals surface area contributed by atoms with Crippen LogP contribution in [0.15, 0.2) is 23.4 Å². The van der Waals surface area contributed by atoms with Crippen molar-refractivity contribution in [3.05, 3.63) is 40.1 Å². The molecule has 0 bridgehead atoms. The van der Waals surface area contributed by atoms with E-state index < -0.39 is 41.3 Å². The van der Waals surface area contributed by atoms with Crippen LogP contribution in [0.25, 0.3) is 0 Å². The Hall–Kier alpha value is -3.59. The SMILES string of the molecule is CC(=O)c1c(N[C@@H](C)[C@@H](O)ONC(=O)CC2CCN(c3ncc(C(F)(F)F)cn3)CC2)cn[nH]c1=O. The standard InChI is InChI=1S/C21H26F3N7O5/c1-11(28-15-10-27-29-18(34)17(15)12(2)32)19(35)36-30-16(33)7-13-3-5-31(6-4-13)20-25-8-14(9-26-20)21(22,23)24/h8-11,13,19,35H,3-7H2,1-2H3,(H,30,33)(H2,28,29,34)/t11-,19-/m0/s1. The molecule has 0 spiro atoms. The molecule has 0 aromatic carbocycles. The van der Waals surface area contributed by atoms with Crippen molar-refractivity contribution in [2.75, 3.05) is 23.3 Å². The molecular formula is C21H26F3N7O5. The van der Waals surface area contributed by atoms with Crippen LogP contribution in [-0.2, 0) is 15.8 Å². The summed E-state index contributed by atoms with van der Waals surface area (Å²) in [6.45, 7) is 3.67. The number of nitrogens with zero attached hydrogens (tertiary/aromatic N) is 4. The number of piperidine rings is 1. The lowest BCUT2D eigenvalue weighted by atomic mass is 9.93. The molecule has 2 aromatic rings. The van der Waals surface area contributed by atoms with Gasteiger partial charge in [0.1, 0.15) is 5.56 Å². The van der Waals surface area contributed by atoms with Crippen LogP contribution in [0, 0.1) is 5.92 Å². The molecule has 1 saturated heterocycles. The maximum Gasteiger partial charge on any atom is 0.419 e. The number of hydrogen-bond donors (Lipinski definition) is 4. The van der Waals surface area contributed by atoms with Crippen molar-refractivity contribution in [1.82, 2.24) is 25.6 Å². The predicted molar refractivity (Wildman–Crippen MR) is 120 cm³/mol. The van der Waals surface area contributed by atoms with Gasteiger partial charge in [0.2, 0.25) is 18.1 Å². The average molecular weight is 513 g/mol. The van der Waals surface area contributed by atoms with Crippen LogP contribution in [0.5, 0.6) is 0 Å². The Morgan fingerprint density at radius 2 is 1.89 bits per heavy atom. The van der Waals surface area contributed by atoms with Crippen LogP contribution in [0.4, 0.5) is 24.8 Å². The number of aromatic amines is 1. The Kier molecular flexibility index (Phi) is 8.57. The third-order valence-electron chi connectivity index (χ3n) is 5.65. The highest BCUT2D eigenvalue weighted by molar-refractivity contribution is 5.98. The van der Waals surface area contributed by atoms with Crippen molar-refractivity contribution >= 4 is 23.3 Å². The van der Waals surface area contributed by atoms with E-state index in [0.29, 0.717) is 25.9 Å². The minimum absolute atomic E-state index is 0.00719. The number of halogens is 3. The first-order valence-corrected chi connectivity index (χ1v) is 11.1. The number of rotatable bonds is 9. The van der Waals surface area contributed by atoms with E-state index in [2.05, 4.69) is 31.0 Å². The van der Waals surface area contributed by atoms with E-state index in [1.54, 1.807) is 4.90 Å². The monoisotopic (exact) mass is 513 g/mol. The number of hydroxylamine groups is 1. The number of alkyl halides is 3. The summed E-state index contributed by atoms with van der Waals surface area (Å²) in [7, 11) is 0. The van der Waals surface area contributed by atoms with Gasteiger partial charge >= 0.3 is 6.18 Å². The molecule has 4 N–H and O–H groups in total. The lowest BCUT2D eigenvalue weighted by Crippen LogP contribution is -2.41. The van der Waals surface area contributed by atoms with Crippen molar-refractivity contribution in [2.24, 2.45) is 5.92 Å². The molecule has 1 aliphatic rings. The number of nitrogens with one attached hydrogen (secondary N) is 3. The second-order valence-electron chi connectivity index (χ2n) is 8.41. The van der Waals surface area contributed by atoms with E-state index >= 15 is 0 Å². The van der Waals surface area contributed by atoms with E-state index in [-0.39, 0.29) is 29.5 Å². The molecule has 2 aromatic heterocycles. The quantitative estimate of drug-likeness (QED) is 0.218. The summed E-state index contributed by atoms with van der Waals surface area (Å²) in [5, 5.41) is 18.7. The van der Waals surface area contributed by atoms with E-state index in [4.69, 9.17) is 4.84 Å². The van der Waals surface area contributed by atoms with Crippen LogP contribution in [0.1, 0.15) is 49.0 Å². The maximum absolute atomic E-state index is 12.7. The number of amides is 1. The third kappa shape index (κ3) is 6.97. The van der Waals surface area contributed by atoms with Gasteiger partial charge in [-0.05, 0) is 32.6 Å². The molecule has 0 unspecified atom stereocenters. The number of Topliss-reactive ketones (excluding diaryl/α,β-unsaturated/α-hetero) is 1. The molecule has 15 heteroatoms. The minimum Gasteiger partial charge on any atom is -0.375 e. The summed E-state index contributed by atoms with van der Waals surface area (Å²) >= 11 is 0. The summed E-state index contributed by atoms with van der Waals surface area (Å²) in [6, 6.07) is -0.820. The van der Waals surface area contributed by atoms with Gasteiger partial charge in [-0.2, -0.15) is 18.3 Å². The molecular weight excluding hydrogens is 487 g/mol. The first kappa shape index (κ1) is 27.0. The van der Waals surface area contributed by atoms with Crippen LogP contribution in [0.3, 0.4) is 0 Å². The predicted octanol–water partition coefficient (Wildman–Crippen LogP) is 1.25. The van der Waals surface area contributed by atoms with Crippen molar-refractivity contribution in [3.8, 4) is 0 Å². The maximum atomic E-state index is 12.7. The van der Waals surface area contributed by atoms with Gasteiger partial charge in [-0.25, -0.2) is 25.4 Å². The number of aromatic nitrogens is 4. The van der Waals surface area contributed by atoms with Crippen molar-refractivity contribution < 1.29 is 32.7 Å². The third-order valence-corrected chi connectivity index (χ3v) is 5.65. The molecule has 1 amide bonds. The number of H-pyrrole nitrogens is 1. The molecule has 12 nitrogen and oxygen atoms in total. The number of carbonyl (C=O) groups excluding carboxylic acids is 2. The molecule has 1 aliphatic heterocycles.